The van der Waals surface area contributed by atoms with Crippen molar-refractivity contribution in [1.29, 1.82) is 0 Å². The van der Waals surface area contributed by atoms with Gasteiger partial charge in [-0.3, -0.25) is 9.59 Å². The Balaban J connectivity index is 1.63. The van der Waals surface area contributed by atoms with Gasteiger partial charge in [-0.2, -0.15) is 0 Å². The molecule has 0 heterocycles. The van der Waals surface area contributed by atoms with Crippen LogP contribution in [0.25, 0.3) is 0 Å². The molecule has 0 aromatic rings. The van der Waals surface area contributed by atoms with Gasteiger partial charge in [0.05, 0.1) is 0 Å². The SMILES string of the molecule is CC1CCCC1NC(=O)C1(C(=O)NC2CCCC2C)CCC1. The molecule has 22 heavy (non-hydrogen) atoms. The Morgan fingerprint density at radius 1 is 0.773 bits per heavy atom. The van der Waals surface area contributed by atoms with Crippen molar-refractivity contribution in [2.24, 2.45) is 17.3 Å². The highest BCUT2D eigenvalue weighted by Gasteiger charge is 2.52. The van der Waals surface area contributed by atoms with Crippen LogP contribution in [-0.4, -0.2) is 23.9 Å². The average Bonchev–Trinajstić information content (AvgIpc) is 2.99. The Labute approximate surface area is 133 Å². The van der Waals surface area contributed by atoms with E-state index in [1.54, 1.807) is 0 Å². The van der Waals surface area contributed by atoms with Gasteiger partial charge in [-0.25, -0.2) is 0 Å². The van der Waals surface area contributed by atoms with Gasteiger partial charge in [0.15, 0.2) is 0 Å². The van der Waals surface area contributed by atoms with Crippen LogP contribution in [-0.2, 0) is 9.59 Å². The Bertz CT molecular complexity index is 408. The summed E-state index contributed by atoms with van der Waals surface area (Å²) in [5.41, 5.74) is -0.773. The topological polar surface area (TPSA) is 58.2 Å². The third kappa shape index (κ3) is 2.77. The lowest BCUT2D eigenvalue weighted by Gasteiger charge is -2.40. The fourth-order valence-corrected chi connectivity index (χ4v) is 4.42. The second-order valence-corrected chi connectivity index (χ2v) is 7.91. The predicted molar refractivity (Wildman–Crippen MR) is 86.2 cm³/mol. The van der Waals surface area contributed by atoms with Crippen molar-refractivity contribution in [2.75, 3.05) is 0 Å². The smallest absolute Gasteiger partial charge is 0.235 e. The van der Waals surface area contributed by atoms with Crippen molar-refractivity contribution in [3.8, 4) is 0 Å². The summed E-state index contributed by atoms with van der Waals surface area (Å²) in [7, 11) is 0. The van der Waals surface area contributed by atoms with E-state index in [2.05, 4.69) is 24.5 Å². The van der Waals surface area contributed by atoms with Crippen LogP contribution in [0.1, 0.15) is 71.6 Å². The van der Waals surface area contributed by atoms with Gasteiger partial charge in [-0.05, 0) is 50.4 Å². The minimum absolute atomic E-state index is 0.0133. The molecule has 0 saturated heterocycles. The summed E-state index contributed by atoms with van der Waals surface area (Å²) in [5.74, 6) is 1.05. The van der Waals surface area contributed by atoms with Crippen LogP contribution in [0.2, 0.25) is 0 Å². The molecule has 0 bridgehead atoms. The van der Waals surface area contributed by atoms with E-state index < -0.39 is 5.41 Å². The second-order valence-electron chi connectivity index (χ2n) is 7.91. The second kappa shape index (κ2) is 6.21. The molecular weight excluding hydrogens is 276 g/mol. The highest BCUT2D eigenvalue weighted by Crippen LogP contribution is 2.42. The summed E-state index contributed by atoms with van der Waals surface area (Å²) >= 11 is 0. The monoisotopic (exact) mass is 306 g/mol. The first-order valence-corrected chi connectivity index (χ1v) is 9.15. The highest BCUT2D eigenvalue weighted by atomic mass is 16.2. The van der Waals surface area contributed by atoms with E-state index in [0.29, 0.717) is 24.7 Å². The first-order valence-electron chi connectivity index (χ1n) is 9.15. The van der Waals surface area contributed by atoms with Crippen LogP contribution in [0.5, 0.6) is 0 Å². The summed E-state index contributed by atoms with van der Waals surface area (Å²) in [6, 6.07) is 0.534. The van der Waals surface area contributed by atoms with Crippen molar-refractivity contribution >= 4 is 11.8 Å². The molecule has 3 saturated carbocycles. The normalized spacial score (nSPS) is 36.6. The van der Waals surface area contributed by atoms with E-state index in [1.807, 2.05) is 0 Å². The molecule has 4 nitrogen and oxygen atoms in total. The molecule has 0 radical (unpaired) electrons. The molecule has 0 aromatic carbocycles. The number of nitrogens with one attached hydrogen (secondary N) is 2. The fourth-order valence-electron chi connectivity index (χ4n) is 4.42. The fraction of sp³-hybridized carbons (Fsp3) is 0.889. The molecule has 0 spiro atoms. The summed E-state index contributed by atoms with van der Waals surface area (Å²) in [6.07, 6.45) is 9.28. The molecular formula is C18H30N2O2. The van der Waals surface area contributed by atoms with Crippen molar-refractivity contribution < 1.29 is 9.59 Å². The molecule has 4 atom stereocenters. The van der Waals surface area contributed by atoms with Gasteiger partial charge in [0.2, 0.25) is 11.8 Å². The van der Waals surface area contributed by atoms with Crippen LogP contribution >= 0.6 is 0 Å². The molecule has 0 aliphatic heterocycles. The minimum Gasteiger partial charge on any atom is -0.352 e. The van der Waals surface area contributed by atoms with E-state index in [4.69, 9.17) is 0 Å². The van der Waals surface area contributed by atoms with Gasteiger partial charge >= 0.3 is 0 Å². The lowest BCUT2D eigenvalue weighted by molar-refractivity contribution is -0.150. The molecule has 2 amide bonds. The van der Waals surface area contributed by atoms with Crippen LogP contribution in [0.4, 0.5) is 0 Å². The lowest BCUT2D eigenvalue weighted by Crippen LogP contribution is -2.58. The number of carbonyl (C=O) groups is 2. The van der Waals surface area contributed by atoms with E-state index in [9.17, 15) is 9.59 Å². The van der Waals surface area contributed by atoms with Gasteiger partial charge < -0.3 is 10.6 Å². The van der Waals surface area contributed by atoms with Gasteiger partial charge in [-0.15, -0.1) is 0 Å². The molecule has 4 unspecified atom stereocenters. The van der Waals surface area contributed by atoms with Crippen molar-refractivity contribution in [1.82, 2.24) is 10.6 Å². The quantitative estimate of drug-likeness (QED) is 0.785. The maximum absolute atomic E-state index is 12.8. The largest absolute Gasteiger partial charge is 0.352 e. The lowest BCUT2D eigenvalue weighted by atomic mass is 9.67. The van der Waals surface area contributed by atoms with Gasteiger partial charge in [0.25, 0.3) is 0 Å². The Hall–Kier alpha value is -1.06. The zero-order valence-corrected chi connectivity index (χ0v) is 14.0. The molecule has 3 aliphatic rings. The molecule has 2 N–H and O–H groups in total. The molecule has 3 aliphatic carbocycles. The minimum atomic E-state index is -0.773. The van der Waals surface area contributed by atoms with Crippen LogP contribution in [0.15, 0.2) is 0 Å². The standard InChI is InChI=1S/C18H30N2O2/c1-12-6-3-8-14(12)19-16(21)18(10-5-11-18)17(22)20-15-9-4-7-13(15)2/h12-15H,3-11H2,1-2H3,(H,19,21)(H,20,22). The third-order valence-electron chi connectivity index (χ3n) is 6.43. The molecule has 3 rings (SSSR count). The average molecular weight is 306 g/mol. The predicted octanol–water partition coefficient (Wildman–Crippen LogP) is 2.77. The number of hydrogen-bond acceptors (Lipinski definition) is 2. The summed E-state index contributed by atoms with van der Waals surface area (Å²) in [6.45, 7) is 4.40. The van der Waals surface area contributed by atoms with Crippen LogP contribution in [0, 0.1) is 17.3 Å². The first-order chi connectivity index (χ1) is 10.5. The summed E-state index contributed by atoms with van der Waals surface area (Å²) in [4.78, 5) is 25.5. The number of rotatable bonds is 4. The van der Waals surface area contributed by atoms with Gasteiger partial charge in [-0.1, -0.05) is 33.1 Å². The Morgan fingerprint density at radius 2 is 1.23 bits per heavy atom. The van der Waals surface area contributed by atoms with Crippen molar-refractivity contribution in [2.45, 2.75) is 83.7 Å². The van der Waals surface area contributed by atoms with E-state index in [0.717, 1.165) is 19.3 Å². The van der Waals surface area contributed by atoms with Gasteiger partial charge in [0.1, 0.15) is 5.41 Å². The molecule has 124 valence electrons. The third-order valence-corrected chi connectivity index (χ3v) is 6.43. The van der Waals surface area contributed by atoms with Crippen molar-refractivity contribution in [3.63, 3.8) is 0 Å². The molecule has 4 heteroatoms. The highest BCUT2D eigenvalue weighted by molar-refractivity contribution is 6.06. The maximum atomic E-state index is 12.8. The van der Waals surface area contributed by atoms with E-state index in [-0.39, 0.29) is 23.9 Å². The number of hydrogen-bond donors (Lipinski definition) is 2. The summed E-state index contributed by atoms with van der Waals surface area (Å²) < 4.78 is 0. The zero-order valence-electron chi connectivity index (χ0n) is 14.0. The van der Waals surface area contributed by atoms with E-state index in [1.165, 1.54) is 25.7 Å². The Kier molecular flexibility index (Phi) is 4.47. The number of amides is 2. The Morgan fingerprint density at radius 3 is 1.50 bits per heavy atom. The zero-order chi connectivity index (χ0) is 15.7. The first kappa shape index (κ1) is 15.8. The van der Waals surface area contributed by atoms with E-state index >= 15 is 0 Å². The number of carbonyl (C=O) groups excluding carboxylic acids is 2. The molecule has 3 fully saturated rings. The molecule has 0 aromatic heterocycles. The maximum Gasteiger partial charge on any atom is 0.235 e. The van der Waals surface area contributed by atoms with Crippen LogP contribution in [0.3, 0.4) is 0 Å². The summed E-state index contributed by atoms with van der Waals surface area (Å²) in [5, 5.41) is 6.38. The van der Waals surface area contributed by atoms with Crippen molar-refractivity contribution in [3.05, 3.63) is 0 Å². The van der Waals surface area contributed by atoms with Gasteiger partial charge in [0, 0.05) is 12.1 Å². The van der Waals surface area contributed by atoms with Crippen LogP contribution < -0.4 is 10.6 Å².